The highest BCUT2D eigenvalue weighted by Crippen LogP contribution is 2.49. The van der Waals surface area contributed by atoms with Crippen LogP contribution >= 0.6 is 0 Å². The number of piperidine rings is 1. The molecule has 13 nitrogen and oxygen atoms in total. The van der Waals surface area contributed by atoms with Crippen molar-refractivity contribution < 1.29 is 37.1 Å². The summed E-state index contributed by atoms with van der Waals surface area (Å²) in [4.78, 5) is 27.0. The van der Waals surface area contributed by atoms with Gasteiger partial charge in [-0.2, -0.15) is 0 Å². The highest BCUT2D eigenvalue weighted by atomic mass is 32.2. The van der Waals surface area contributed by atoms with Crippen LogP contribution in [0.15, 0.2) is 53.4 Å². The second kappa shape index (κ2) is 21.7. The summed E-state index contributed by atoms with van der Waals surface area (Å²) in [7, 11) is -3.73. The van der Waals surface area contributed by atoms with Gasteiger partial charge in [-0.1, -0.05) is 79.2 Å². The third-order valence-corrected chi connectivity index (χ3v) is 13.4. The molecule has 0 saturated carbocycles. The number of rotatable bonds is 24. The van der Waals surface area contributed by atoms with Crippen LogP contribution < -0.4 is 14.8 Å². The second-order valence-corrected chi connectivity index (χ2v) is 18.6. The predicted molar refractivity (Wildman–Crippen MR) is 222 cm³/mol. The van der Waals surface area contributed by atoms with Crippen molar-refractivity contribution in [2.45, 2.75) is 115 Å². The van der Waals surface area contributed by atoms with Crippen LogP contribution in [0.4, 0.5) is 0 Å². The molecule has 1 heterocycles. The Morgan fingerprint density at radius 2 is 1.46 bits per heavy atom. The number of nitrogens with one attached hydrogen (secondary N) is 2. The van der Waals surface area contributed by atoms with Crippen molar-refractivity contribution in [3.05, 3.63) is 69.8 Å². The summed E-state index contributed by atoms with van der Waals surface area (Å²) >= 11 is 0. The number of sulfonamides is 1. The minimum atomic E-state index is -3.73. The molecule has 3 unspecified atom stereocenters. The molecule has 1 amide bonds. The predicted octanol–water partition coefficient (Wildman–Crippen LogP) is 6.75. The fourth-order valence-electron chi connectivity index (χ4n) is 9.01. The minimum absolute atomic E-state index is 0.118. The number of hydrogen-bond acceptors (Lipinski definition) is 10. The molecule has 320 valence electrons. The van der Waals surface area contributed by atoms with E-state index in [-0.39, 0.29) is 53.4 Å². The quantitative estimate of drug-likeness (QED) is 0.0660. The maximum absolute atomic E-state index is 13.0. The van der Waals surface area contributed by atoms with Crippen LogP contribution in [0.3, 0.4) is 0 Å². The molecule has 0 bridgehead atoms. The van der Waals surface area contributed by atoms with E-state index in [9.17, 15) is 23.3 Å². The molecule has 1 aliphatic heterocycles. The maximum Gasteiger partial charge on any atom is 0.240 e. The summed E-state index contributed by atoms with van der Waals surface area (Å²) in [5.74, 6) is 1.05. The smallest absolute Gasteiger partial charge is 0.240 e. The number of ether oxygens (including phenoxy) is 4. The molecule has 2 N–H and O–H groups in total. The number of fused-ring (bicyclic) bond motifs is 1. The molecule has 0 radical (unpaired) electrons. The average Bonchev–Trinajstić information content (AvgIpc) is 3.50. The highest BCUT2D eigenvalue weighted by Gasteiger charge is 2.55. The van der Waals surface area contributed by atoms with Crippen molar-refractivity contribution in [2.24, 2.45) is 17.3 Å². The van der Waals surface area contributed by atoms with Gasteiger partial charge < -0.3 is 24.3 Å². The Morgan fingerprint density at radius 3 is 2.02 bits per heavy atom. The van der Waals surface area contributed by atoms with Gasteiger partial charge in [0.2, 0.25) is 21.5 Å². The van der Waals surface area contributed by atoms with E-state index in [4.69, 9.17) is 18.9 Å². The molecular formula is C43H68N4O9S. The Balaban J connectivity index is 1.08. The van der Waals surface area contributed by atoms with Crippen LogP contribution in [-0.4, -0.2) is 102 Å². The van der Waals surface area contributed by atoms with Crippen LogP contribution in [0, 0.1) is 27.4 Å². The van der Waals surface area contributed by atoms with E-state index < -0.39 is 21.0 Å². The third kappa shape index (κ3) is 12.2. The Morgan fingerprint density at radius 1 is 0.877 bits per heavy atom. The number of carbonyl (C=O) groups is 1. The number of nitro groups is 1. The number of benzene rings is 2. The van der Waals surface area contributed by atoms with E-state index in [0.29, 0.717) is 70.0 Å². The lowest BCUT2D eigenvalue weighted by atomic mass is 9.64. The van der Waals surface area contributed by atoms with Crippen LogP contribution in [0.25, 0.3) is 0 Å². The first-order valence-corrected chi connectivity index (χ1v) is 22.4. The second-order valence-electron chi connectivity index (χ2n) is 16.8. The average molecular weight is 817 g/mol. The number of carbonyl (C=O) groups excluding carboxylic acids is 1. The lowest BCUT2D eigenvalue weighted by molar-refractivity contribution is -0.601. The number of likely N-dealkylation sites (tertiary alicyclic amines) is 1. The van der Waals surface area contributed by atoms with Gasteiger partial charge in [0.15, 0.2) is 0 Å². The van der Waals surface area contributed by atoms with Crippen LogP contribution in [0.5, 0.6) is 5.75 Å². The van der Waals surface area contributed by atoms with Crippen LogP contribution in [0.1, 0.15) is 110 Å². The van der Waals surface area contributed by atoms with Gasteiger partial charge in [0.1, 0.15) is 11.9 Å². The molecule has 1 fully saturated rings. The van der Waals surface area contributed by atoms with E-state index in [0.717, 1.165) is 13.1 Å². The molecule has 2 aromatic carbocycles. The molecule has 0 spiro atoms. The lowest BCUT2D eigenvalue weighted by Crippen LogP contribution is -2.54. The Kier molecular flexibility index (Phi) is 17.8. The number of amides is 1. The molecule has 1 saturated heterocycles. The molecular weight excluding hydrogens is 749 g/mol. The van der Waals surface area contributed by atoms with E-state index in [1.165, 1.54) is 30.4 Å². The van der Waals surface area contributed by atoms with E-state index in [1.54, 1.807) is 24.3 Å². The first-order valence-electron chi connectivity index (χ1n) is 20.9. The third-order valence-electron chi connectivity index (χ3n) is 11.9. The SMILES string of the molecule is CCC(C(C)CCC(=O)NCCOCCOCCOCCNS(=O)(=O)c1ccc(O[C@H]2c3ccccc3C(C(C)C)[C@@H]2N2CCCCC2)cc1)([N+](=O)[O-])C(C)(C)C. The van der Waals surface area contributed by atoms with Gasteiger partial charge in [-0.3, -0.25) is 19.8 Å². The van der Waals surface area contributed by atoms with Gasteiger partial charge in [-0.05, 0) is 73.7 Å². The maximum atomic E-state index is 13.0. The standard InChI is InChI=1S/C43H68N4O9S/c1-8-43(47(49)50,42(5,6)7)33(4)16-21-38(48)44-22-26-53-28-30-55-31-29-54-27-23-45-57(51,52)35-19-17-34(18-20-35)56-41-37-15-11-10-14-36(37)39(32(2)3)40(41)46-24-12-9-13-25-46/h10-11,14-15,17-20,32-33,39-41,45H,8-9,12-13,16,21-31H2,1-7H3,(H,44,48)/t33?,39?,40-,41-,43?/m0/s1. The monoisotopic (exact) mass is 816 g/mol. The molecule has 2 aliphatic rings. The van der Waals surface area contributed by atoms with Crippen LogP contribution in [-0.2, 0) is 29.0 Å². The van der Waals surface area contributed by atoms with Crippen LogP contribution in [0.2, 0.25) is 0 Å². The minimum Gasteiger partial charge on any atom is -0.484 e. The van der Waals surface area contributed by atoms with Gasteiger partial charge in [0, 0.05) is 48.1 Å². The van der Waals surface area contributed by atoms with Crippen molar-refractivity contribution in [3.63, 3.8) is 0 Å². The Hall–Kier alpha value is -3.14. The zero-order chi connectivity index (χ0) is 41.6. The lowest BCUT2D eigenvalue weighted by Gasteiger charge is -2.40. The number of hydrogen-bond donors (Lipinski definition) is 2. The molecule has 2 aromatic rings. The van der Waals surface area contributed by atoms with Gasteiger partial charge in [0.25, 0.3) is 0 Å². The molecule has 5 atom stereocenters. The van der Waals surface area contributed by atoms with Crippen molar-refractivity contribution in [2.75, 3.05) is 65.8 Å². The van der Waals surface area contributed by atoms with Crippen molar-refractivity contribution in [3.8, 4) is 5.75 Å². The normalized spacial score (nSPS) is 20.5. The largest absolute Gasteiger partial charge is 0.484 e. The zero-order valence-corrected chi connectivity index (χ0v) is 36.1. The highest BCUT2D eigenvalue weighted by molar-refractivity contribution is 7.89. The van der Waals surface area contributed by atoms with E-state index >= 15 is 0 Å². The summed E-state index contributed by atoms with van der Waals surface area (Å²) in [5.41, 5.74) is 0.945. The summed E-state index contributed by atoms with van der Waals surface area (Å²) < 4.78 is 51.9. The van der Waals surface area contributed by atoms with Crippen molar-refractivity contribution in [1.82, 2.24) is 14.9 Å². The molecule has 4 rings (SSSR count). The summed E-state index contributed by atoms with van der Waals surface area (Å²) in [6.07, 6.45) is 4.57. The van der Waals surface area contributed by atoms with E-state index in [2.05, 4.69) is 53.1 Å². The van der Waals surface area contributed by atoms with E-state index in [1.807, 2.05) is 34.6 Å². The topological polar surface area (TPSA) is 159 Å². The fraction of sp³-hybridized carbons (Fsp3) is 0.698. The Bertz CT molecular complexity index is 1660. The summed E-state index contributed by atoms with van der Waals surface area (Å²) in [6, 6.07) is 15.5. The first-order chi connectivity index (χ1) is 27.1. The molecule has 14 heteroatoms. The first kappa shape index (κ1) is 46.5. The van der Waals surface area contributed by atoms with Gasteiger partial charge in [-0.25, -0.2) is 13.1 Å². The fourth-order valence-corrected chi connectivity index (χ4v) is 10.0. The molecule has 1 aliphatic carbocycles. The Labute approximate surface area is 341 Å². The summed E-state index contributed by atoms with van der Waals surface area (Å²) in [6.45, 7) is 18.3. The van der Waals surface area contributed by atoms with Gasteiger partial charge in [-0.15, -0.1) is 0 Å². The van der Waals surface area contributed by atoms with Crippen molar-refractivity contribution in [1.29, 1.82) is 0 Å². The van der Waals surface area contributed by atoms with Crippen molar-refractivity contribution >= 4 is 15.9 Å². The van der Waals surface area contributed by atoms with Gasteiger partial charge in [0.05, 0.1) is 50.6 Å². The van der Waals surface area contributed by atoms with Gasteiger partial charge >= 0.3 is 0 Å². The number of nitrogens with zero attached hydrogens (tertiary/aromatic N) is 2. The molecule has 0 aromatic heterocycles. The molecule has 57 heavy (non-hydrogen) atoms. The zero-order valence-electron chi connectivity index (χ0n) is 35.3. The summed E-state index contributed by atoms with van der Waals surface area (Å²) in [5, 5.41) is 14.8.